The summed E-state index contributed by atoms with van der Waals surface area (Å²) in [7, 11) is 1.31. The molecule has 0 saturated heterocycles. The van der Waals surface area contributed by atoms with E-state index in [0.717, 1.165) is 54.0 Å². The molecule has 0 heterocycles. The number of methoxy groups -OCH3 is 1. The first-order valence-corrected chi connectivity index (χ1v) is 16.5. The van der Waals surface area contributed by atoms with Crippen molar-refractivity contribution in [1.82, 2.24) is 10.2 Å². The van der Waals surface area contributed by atoms with Crippen LogP contribution in [0.5, 0.6) is 0 Å². The number of aliphatic hydroxyl groups excluding tert-OH is 1. The fourth-order valence-electron chi connectivity index (χ4n) is 5.94. The molecule has 1 atom stereocenters. The van der Waals surface area contributed by atoms with Gasteiger partial charge in [0.25, 0.3) is 5.91 Å². The summed E-state index contributed by atoms with van der Waals surface area (Å²) in [4.78, 5) is 28.3. The summed E-state index contributed by atoms with van der Waals surface area (Å²) in [6.07, 6.45) is 5.39. The van der Waals surface area contributed by atoms with Gasteiger partial charge in [-0.05, 0) is 109 Å². The van der Waals surface area contributed by atoms with Gasteiger partial charge in [-0.15, -0.1) is 0 Å². The zero-order valence-electron chi connectivity index (χ0n) is 25.7. The lowest BCUT2D eigenvalue weighted by molar-refractivity contribution is -0.142. The summed E-state index contributed by atoms with van der Waals surface area (Å²) in [5, 5.41) is 12.9. The number of halogens is 2. The maximum atomic E-state index is 14.1. The number of nitrogens with zero attached hydrogens (tertiary/aromatic N) is 1. The maximum absolute atomic E-state index is 14.1. The molecule has 0 bridgehead atoms. The molecule has 0 aromatic heterocycles. The van der Waals surface area contributed by atoms with Gasteiger partial charge in [0, 0.05) is 31.3 Å². The van der Waals surface area contributed by atoms with Crippen LogP contribution >= 0.6 is 11.8 Å². The predicted molar refractivity (Wildman–Crippen MR) is 171 cm³/mol. The first kappa shape index (κ1) is 33.6. The molecule has 1 amide bonds. The first-order valence-electron chi connectivity index (χ1n) is 15.1. The molecule has 1 aliphatic carbocycles. The van der Waals surface area contributed by atoms with E-state index < -0.39 is 23.6 Å². The Kier molecular flexibility index (Phi) is 12.3. The molecule has 1 fully saturated rings. The number of carbonyl (C=O) groups is 2. The molecule has 3 aromatic rings. The minimum absolute atomic E-state index is 0.271. The number of thioether (sulfide) groups is 1. The number of aliphatic hydroxyl groups is 1. The van der Waals surface area contributed by atoms with Gasteiger partial charge in [-0.1, -0.05) is 30.3 Å². The molecule has 3 aromatic carbocycles. The number of rotatable bonds is 13. The Labute approximate surface area is 263 Å². The number of benzene rings is 3. The molecule has 6 nitrogen and oxygen atoms in total. The van der Waals surface area contributed by atoms with E-state index in [2.05, 4.69) is 10.2 Å². The van der Waals surface area contributed by atoms with Gasteiger partial charge in [-0.2, -0.15) is 11.8 Å². The van der Waals surface area contributed by atoms with E-state index in [4.69, 9.17) is 4.74 Å². The largest absolute Gasteiger partial charge is 0.467 e. The van der Waals surface area contributed by atoms with Gasteiger partial charge in [-0.3, -0.25) is 9.69 Å². The number of nitrogens with one attached hydrogen (secondary N) is 1. The third-order valence-corrected chi connectivity index (χ3v) is 8.88. The molecule has 44 heavy (non-hydrogen) atoms. The van der Waals surface area contributed by atoms with Crippen molar-refractivity contribution in [2.75, 3.05) is 25.7 Å². The lowest BCUT2D eigenvalue weighted by atomic mass is 9.87. The number of ether oxygens (including phenoxy) is 1. The summed E-state index contributed by atoms with van der Waals surface area (Å²) >= 11 is 1.59. The van der Waals surface area contributed by atoms with Crippen LogP contribution in [0.15, 0.2) is 60.7 Å². The van der Waals surface area contributed by atoms with Crippen LogP contribution in [0, 0.1) is 24.5 Å². The highest BCUT2D eigenvalue weighted by Gasteiger charge is 2.25. The van der Waals surface area contributed by atoms with Gasteiger partial charge in [0.05, 0.1) is 13.2 Å². The minimum Gasteiger partial charge on any atom is -0.467 e. The summed E-state index contributed by atoms with van der Waals surface area (Å²) in [5.74, 6) is -1.02. The molecular weight excluding hydrogens is 582 g/mol. The molecule has 1 aliphatic rings. The highest BCUT2D eigenvalue weighted by Crippen LogP contribution is 2.30. The van der Waals surface area contributed by atoms with E-state index in [9.17, 15) is 23.5 Å². The van der Waals surface area contributed by atoms with Crippen molar-refractivity contribution < 1.29 is 28.2 Å². The van der Waals surface area contributed by atoms with Gasteiger partial charge in [-0.25, -0.2) is 13.6 Å². The zero-order chi connectivity index (χ0) is 31.6. The van der Waals surface area contributed by atoms with Crippen LogP contribution in [-0.4, -0.2) is 59.7 Å². The monoisotopic (exact) mass is 624 g/mol. The molecule has 2 N–H and O–H groups in total. The summed E-state index contributed by atoms with van der Waals surface area (Å²) in [6, 6.07) is 16.3. The Morgan fingerprint density at radius 2 is 1.66 bits per heavy atom. The highest BCUT2D eigenvalue weighted by atomic mass is 32.2. The molecule has 0 aliphatic heterocycles. The third kappa shape index (κ3) is 9.36. The van der Waals surface area contributed by atoms with Gasteiger partial charge in [0.1, 0.15) is 17.7 Å². The van der Waals surface area contributed by atoms with Crippen LogP contribution < -0.4 is 5.32 Å². The Balaban J connectivity index is 1.66. The zero-order valence-corrected chi connectivity index (χ0v) is 26.5. The Morgan fingerprint density at radius 3 is 2.32 bits per heavy atom. The quantitative estimate of drug-likeness (QED) is 0.211. The van der Waals surface area contributed by atoms with Crippen LogP contribution in [0.4, 0.5) is 8.78 Å². The van der Waals surface area contributed by atoms with Crippen LogP contribution in [0.1, 0.15) is 59.2 Å². The number of hydrogen-bond donors (Lipinski definition) is 2. The molecule has 1 unspecified atom stereocenters. The normalized spacial score (nSPS) is 17.3. The topological polar surface area (TPSA) is 78.9 Å². The number of aryl methyl sites for hydroxylation is 1. The van der Waals surface area contributed by atoms with E-state index >= 15 is 0 Å². The molecule has 0 spiro atoms. The van der Waals surface area contributed by atoms with Crippen molar-refractivity contribution in [2.45, 2.75) is 64.3 Å². The van der Waals surface area contributed by atoms with Gasteiger partial charge < -0.3 is 15.2 Å². The van der Waals surface area contributed by atoms with Crippen molar-refractivity contribution in [2.24, 2.45) is 5.92 Å². The second-order valence-electron chi connectivity index (χ2n) is 11.6. The number of amides is 1. The number of carbonyl (C=O) groups excluding carboxylic acids is 2. The van der Waals surface area contributed by atoms with Crippen LogP contribution in [0.3, 0.4) is 0 Å². The fraction of sp³-hybridized carbons (Fsp3) is 0.429. The highest BCUT2D eigenvalue weighted by molar-refractivity contribution is 7.98. The molecular formula is C35H42F2N2O4S. The van der Waals surface area contributed by atoms with Crippen LogP contribution in [-0.2, 0) is 22.6 Å². The van der Waals surface area contributed by atoms with Crippen molar-refractivity contribution in [3.8, 4) is 11.1 Å². The standard InChI is InChI=1S/C35H42F2N2O4S/c1-23-6-4-5-7-30(23)32-18-25(10-13-31(32)34(41)38-33(14-15-44-3)35(42)43-2)21-39(20-24-8-11-29(40)12-9-24)22-26-16-27(36)19-28(37)17-26/h4-7,10,13,16-19,24,29,33,40H,8-9,11-12,14-15,20-22H2,1-3H3,(H,38,41). The van der Waals surface area contributed by atoms with Gasteiger partial charge in [0.15, 0.2) is 0 Å². The molecule has 4 rings (SSSR count). The number of esters is 1. The van der Waals surface area contributed by atoms with Crippen molar-refractivity contribution in [1.29, 1.82) is 0 Å². The maximum Gasteiger partial charge on any atom is 0.328 e. The Hall–Kier alpha value is -3.27. The fourth-order valence-corrected chi connectivity index (χ4v) is 6.42. The average molecular weight is 625 g/mol. The lowest BCUT2D eigenvalue weighted by Crippen LogP contribution is -2.42. The number of hydrogen-bond acceptors (Lipinski definition) is 6. The van der Waals surface area contributed by atoms with Crippen molar-refractivity contribution in [3.05, 3.63) is 94.6 Å². The summed E-state index contributed by atoms with van der Waals surface area (Å²) in [6.45, 7) is 3.55. The molecule has 0 radical (unpaired) electrons. The Bertz CT molecular complexity index is 1410. The van der Waals surface area contributed by atoms with Gasteiger partial charge >= 0.3 is 5.97 Å². The minimum atomic E-state index is -0.763. The summed E-state index contributed by atoms with van der Waals surface area (Å²) in [5.41, 5.74) is 4.58. The second-order valence-corrected chi connectivity index (χ2v) is 12.6. The van der Waals surface area contributed by atoms with E-state index in [1.807, 2.05) is 49.6 Å². The lowest BCUT2D eigenvalue weighted by Gasteiger charge is -2.31. The van der Waals surface area contributed by atoms with Crippen LogP contribution in [0.25, 0.3) is 11.1 Å². The summed E-state index contributed by atoms with van der Waals surface area (Å²) < 4.78 is 33.1. The van der Waals surface area contributed by atoms with E-state index in [-0.39, 0.29) is 12.0 Å². The van der Waals surface area contributed by atoms with Crippen molar-refractivity contribution in [3.63, 3.8) is 0 Å². The molecule has 9 heteroatoms. The molecule has 236 valence electrons. The van der Waals surface area contributed by atoms with E-state index in [1.165, 1.54) is 19.2 Å². The van der Waals surface area contributed by atoms with E-state index in [1.54, 1.807) is 17.8 Å². The molecule has 1 saturated carbocycles. The van der Waals surface area contributed by atoms with E-state index in [0.29, 0.717) is 48.9 Å². The predicted octanol–water partition coefficient (Wildman–Crippen LogP) is 6.52. The SMILES string of the molecule is COC(=O)C(CCSC)NC(=O)c1ccc(CN(Cc2cc(F)cc(F)c2)CC2CCC(O)CC2)cc1-c1ccccc1C. The smallest absolute Gasteiger partial charge is 0.328 e. The van der Waals surface area contributed by atoms with Gasteiger partial charge in [0.2, 0.25) is 0 Å². The average Bonchev–Trinajstić information content (AvgIpc) is 2.99. The second kappa shape index (κ2) is 16.2. The van der Waals surface area contributed by atoms with Crippen molar-refractivity contribution >= 4 is 23.6 Å². The Morgan fingerprint density at radius 1 is 0.977 bits per heavy atom. The van der Waals surface area contributed by atoms with Crippen LogP contribution in [0.2, 0.25) is 0 Å². The third-order valence-electron chi connectivity index (χ3n) is 8.23. The first-order chi connectivity index (χ1) is 21.2.